The zero-order valence-corrected chi connectivity index (χ0v) is 11.2. The quantitative estimate of drug-likeness (QED) is 0.364. The van der Waals surface area contributed by atoms with E-state index in [0.29, 0.717) is 16.3 Å². The van der Waals surface area contributed by atoms with Crippen molar-refractivity contribution in [2.75, 3.05) is 6.66 Å². The van der Waals surface area contributed by atoms with E-state index in [1.807, 2.05) is 6.07 Å². The van der Waals surface area contributed by atoms with Crippen LogP contribution in [-0.2, 0) is 4.57 Å². The monoisotopic (exact) mass is 276 g/mol. The van der Waals surface area contributed by atoms with Crippen molar-refractivity contribution in [1.82, 2.24) is 0 Å². The second-order valence-electron chi connectivity index (χ2n) is 3.91. The number of rotatable bonds is 4. The largest absolute Gasteiger partial charge is 0.594 e. The molecule has 0 bridgehead atoms. The molecule has 0 aliphatic carbocycles. The van der Waals surface area contributed by atoms with E-state index in [-0.39, 0.29) is 0 Å². The molecular weight excluding hydrogens is 263 g/mol. The Morgan fingerprint density at radius 2 is 1.58 bits per heavy atom. The fraction of sp³-hybridized carbons (Fsp3) is 0.0769. The molecule has 2 rings (SSSR count). The molecule has 1 atom stereocenters. The van der Waals surface area contributed by atoms with Crippen LogP contribution in [0.3, 0.4) is 0 Å². The summed E-state index contributed by atoms with van der Waals surface area (Å²) in [5.74, 6) is 0.415. The first-order valence-corrected chi connectivity index (χ1v) is 7.67. The molecule has 0 spiro atoms. The van der Waals surface area contributed by atoms with E-state index in [9.17, 15) is 9.77 Å². The summed E-state index contributed by atoms with van der Waals surface area (Å²) in [5.41, 5.74) is 0.307. The number of hydrogen-bond acceptors (Lipinski definition) is 3. The van der Waals surface area contributed by atoms with Gasteiger partial charge in [-0.3, -0.25) is 0 Å². The van der Waals surface area contributed by atoms with Crippen LogP contribution in [0.15, 0.2) is 65.5 Å². The number of nitrogens with zero attached hydrogens (tertiary/aromatic N) is 2. The van der Waals surface area contributed by atoms with Crippen molar-refractivity contribution in [1.29, 1.82) is 0 Å². The molecule has 1 unspecified atom stereocenters. The highest BCUT2D eigenvalue weighted by atomic mass is 31.2. The number of benzene rings is 2. The van der Waals surface area contributed by atoms with E-state index < -0.39 is 7.52 Å². The molecule has 19 heavy (non-hydrogen) atoms. The lowest BCUT2D eigenvalue weighted by Gasteiger charge is -2.08. The average Bonchev–Trinajstić information content (AvgIpc) is 2.39. The summed E-state index contributed by atoms with van der Waals surface area (Å²) < 4.78 is 17.4. The molecule has 0 saturated carbocycles. The van der Waals surface area contributed by atoms with Crippen LogP contribution in [0, 0.1) is 5.21 Å². The normalized spacial score (nSPS) is 14.7. The molecule has 0 heterocycles. The van der Waals surface area contributed by atoms with Gasteiger partial charge in [-0.05, 0) is 17.0 Å². The Morgan fingerprint density at radius 1 is 1.05 bits per heavy atom. The first-order valence-electron chi connectivity index (χ1n) is 5.64. The van der Waals surface area contributed by atoms with Gasteiger partial charge in [-0.2, -0.15) is 0 Å². The third-order valence-corrected chi connectivity index (χ3v) is 3.28. The third kappa shape index (κ3) is 3.93. The first-order chi connectivity index (χ1) is 9.07. The SMILES string of the molecule is CP(=O)(/N=[N+](\[O-])c1ccccc1)Oc1ccccc1. The molecule has 0 aromatic heterocycles. The highest BCUT2D eigenvalue weighted by molar-refractivity contribution is 7.56. The number of para-hydroxylation sites is 2. The highest BCUT2D eigenvalue weighted by Crippen LogP contribution is 2.45. The number of hydrogen-bond donors (Lipinski definition) is 0. The Balaban J connectivity index is 2.19. The predicted molar refractivity (Wildman–Crippen MR) is 72.8 cm³/mol. The topological polar surface area (TPSA) is 64.7 Å². The minimum Gasteiger partial charge on any atom is -0.594 e. The summed E-state index contributed by atoms with van der Waals surface area (Å²) in [6.07, 6.45) is 0. The predicted octanol–water partition coefficient (Wildman–Crippen LogP) is 4.18. The summed E-state index contributed by atoms with van der Waals surface area (Å²) in [6, 6.07) is 17.0. The van der Waals surface area contributed by atoms with E-state index >= 15 is 0 Å². The van der Waals surface area contributed by atoms with Gasteiger partial charge in [-0.25, -0.2) is 4.57 Å². The van der Waals surface area contributed by atoms with Crippen LogP contribution in [0.25, 0.3) is 0 Å². The maximum Gasteiger partial charge on any atom is 0.418 e. The summed E-state index contributed by atoms with van der Waals surface area (Å²) >= 11 is 0. The van der Waals surface area contributed by atoms with Crippen LogP contribution in [-0.4, -0.2) is 11.5 Å². The van der Waals surface area contributed by atoms with Crippen molar-refractivity contribution in [2.45, 2.75) is 0 Å². The van der Waals surface area contributed by atoms with E-state index in [1.54, 1.807) is 54.6 Å². The standard InChI is InChI=1S/C13H13N2O3P/c1-19(17,18-13-10-6-3-7-11-13)14-15(16)12-8-4-2-5-9-12/h2-11H,1H3/b15-14-. The Kier molecular flexibility index (Phi) is 3.97. The van der Waals surface area contributed by atoms with Crippen molar-refractivity contribution in [3.63, 3.8) is 0 Å². The maximum absolute atomic E-state index is 12.1. The molecule has 0 saturated heterocycles. The van der Waals surface area contributed by atoms with Crippen molar-refractivity contribution >= 4 is 13.2 Å². The lowest BCUT2D eigenvalue weighted by atomic mass is 10.3. The Morgan fingerprint density at radius 3 is 2.16 bits per heavy atom. The summed E-state index contributed by atoms with van der Waals surface area (Å²) in [6.45, 7) is 1.30. The van der Waals surface area contributed by atoms with Gasteiger partial charge < -0.3 is 9.73 Å². The lowest BCUT2D eigenvalue weighted by Crippen LogP contribution is -1.95. The Hall–Kier alpha value is -2.13. The van der Waals surface area contributed by atoms with Crippen LogP contribution < -0.4 is 4.52 Å². The Bertz CT molecular complexity index is 614. The molecule has 98 valence electrons. The van der Waals surface area contributed by atoms with Gasteiger partial charge in [0.05, 0.1) is 11.5 Å². The fourth-order valence-electron chi connectivity index (χ4n) is 1.45. The van der Waals surface area contributed by atoms with E-state index in [2.05, 4.69) is 4.88 Å². The average molecular weight is 276 g/mol. The van der Waals surface area contributed by atoms with Crippen molar-refractivity contribution in [3.8, 4) is 5.75 Å². The molecule has 0 N–H and O–H groups in total. The molecule has 0 amide bonds. The summed E-state index contributed by atoms with van der Waals surface area (Å²) in [4.78, 5) is 3.91. The third-order valence-electron chi connectivity index (χ3n) is 2.24. The van der Waals surface area contributed by atoms with Crippen LogP contribution in [0.5, 0.6) is 5.75 Å². The molecule has 2 aromatic carbocycles. The summed E-state index contributed by atoms with van der Waals surface area (Å²) in [7, 11) is -3.40. The molecule has 2 aromatic rings. The minimum atomic E-state index is -3.40. The molecule has 0 fully saturated rings. The molecule has 0 aliphatic heterocycles. The van der Waals surface area contributed by atoms with Gasteiger partial charge in [0.25, 0.3) is 0 Å². The van der Waals surface area contributed by atoms with Crippen LogP contribution in [0.4, 0.5) is 5.69 Å². The van der Waals surface area contributed by atoms with Gasteiger partial charge >= 0.3 is 7.52 Å². The van der Waals surface area contributed by atoms with E-state index in [1.165, 1.54) is 6.66 Å². The van der Waals surface area contributed by atoms with E-state index in [0.717, 1.165) is 0 Å². The lowest BCUT2D eigenvalue weighted by molar-refractivity contribution is -0.431. The molecule has 0 radical (unpaired) electrons. The van der Waals surface area contributed by atoms with E-state index in [4.69, 9.17) is 4.52 Å². The smallest absolute Gasteiger partial charge is 0.418 e. The molecular formula is C13H13N2O3P. The zero-order chi connectivity index (χ0) is 13.7. The zero-order valence-electron chi connectivity index (χ0n) is 10.3. The first kappa shape index (κ1) is 13.3. The van der Waals surface area contributed by atoms with Gasteiger partial charge in [-0.1, -0.05) is 36.4 Å². The van der Waals surface area contributed by atoms with Crippen LogP contribution >= 0.6 is 7.52 Å². The van der Waals surface area contributed by atoms with Gasteiger partial charge in [-0.15, -0.1) is 0 Å². The van der Waals surface area contributed by atoms with Crippen LogP contribution in [0.1, 0.15) is 0 Å². The van der Waals surface area contributed by atoms with Gasteiger partial charge in [0.15, 0.2) is 0 Å². The Labute approximate surface area is 111 Å². The van der Waals surface area contributed by atoms with Crippen molar-refractivity contribution in [2.24, 2.45) is 4.88 Å². The molecule has 6 heteroatoms. The second-order valence-corrected chi connectivity index (χ2v) is 5.87. The van der Waals surface area contributed by atoms with Crippen molar-refractivity contribution < 1.29 is 13.9 Å². The highest BCUT2D eigenvalue weighted by Gasteiger charge is 2.22. The van der Waals surface area contributed by atoms with Gasteiger partial charge in [0.1, 0.15) is 5.75 Å². The maximum atomic E-state index is 12.1. The van der Waals surface area contributed by atoms with Crippen LogP contribution in [0.2, 0.25) is 0 Å². The minimum absolute atomic E-state index is 0.307. The second kappa shape index (κ2) is 5.67. The molecule has 0 aliphatic rings. The fourth-order valence-corrected chi connectivity index (χ4v) is 2.40. The van der Waals surface area contributed by atoms with Gasteiger partial charge in [0, 0.05) is 12.1 Å². The molecule has 5 nitrogen and oxygen atoms in total. The van der Waals surface area contributed by atoms with Crippen molar-refractivity contribution in [3.05, 3.63) is 65.9 Å². The van der Waals surface area contributed by atoms with Gasteiger partial charge in [0.2, 0.25) is 5.69 Å². The summed E-state index contributed by atoms with van der Waals surface area (Å²) in [5, 5.41) is 11.7.